The Labute approximate surface area is 57.1 Å². The fraction of sp³-hybridized carbons (Fsp3) is 0.714. The van der Waals surface area contributed by atoms with Crippen LogP contribution in [-0.2, 0) is 0 Å². The van der Waals surface area contributed by atoms with E-state index in [0.717, 1.165) is 24.4 Å². The summed E-state index contributed by atoms with van der Waals surface area (Å²) in [7, 11) is 0. The number of rotatable bonds is 3. The smallest absolute Gasteiger partial charge is 0.0946 e. The molecule has 3 N–H and O–H groups in total. The van der Waals surface area contributed by atoms with E-state index in [9.17, 15) is 0 Å². The van der Waals surface area contributed by atoms with Gasteiger partial charge in [-0.3, -0.25) is 0 Å². The molecular weight excluding hydrogens is 112 g/mol. The van der Waals surface area contributed by atoms with Crippen LogP contribution in [0.15, 0.2) is 11.4 Å². The van der Waals surface area contributed by atoms with E-state index < -0.39 is 0 Å². The summed E-state index contributed by atoms with van der Waals surface area (Å²) in [4.78, 5) is 0. The van der Waals surface area contributed by atoms with Crippen molar-refractivity contribution in [3.05, 3.63) is 11.4 Å². The third-order valence-corrected chi connectivity index (χ3v) is 1.10. The fourth-order valence-corrected chi connectivity index (χ4v) is 0.436. The summed E-state index contributed by atoms with van der Waals surface area (Å²) in [5.74, 6) is 0.817. The lowest BCUT2D eigenvalue weighted by molar-refractivity contribution is 0.751. The highest BCUT2D eigenvalue weighted by Gasteiger charge is 1.87. The van der Waals surface area contributed by atoms with Gasteiger partial charge in [-0.15, -0.1) is 0 Å². The van der Waals surface area contributed by atoms with Crippen LogP contribution in [0, 0.1) is 0 Å². The van der Waals surface area contributed by atoms with Gasteiger partial charge in [0.1, 0.15) is 0 Å². The predicted molar refractivity (Wildman–Crippen MR) is 40.9 cm³/mol. The van der Waals surface area contributed by atoms with Crippen molar-refractivity contribution in [2.75, 3.05) is 6.54 Å². The summed E-state index contributed by atoms with van der Waals surface area (Å²) in [6.07, 6.45) is 1.12. The molecule has 2 heteroatoms. The molecule has 0 heterocycles. The average molecular weight is 128 g/mol. The molecule has 0 spiro atoms. The first-order valence-corrected chi connectivity index (χ1v) is 3.35. The molecule has 0 aromatic rings. The van der Waals surface area contributed by atoms with Crippen molar-refractivity contribution in [2.45, 2.75) is 27.2 Å². The molecule has 0 rings (SSSR count). The van der Waals surface area contributed by atoms with Gasteiger partial charge in [-0.2, -0.15) is 0 Å². The van der Waals surface area contributed by atoms with Gasteiger partial charge in [0.05, 0.1) is 5.82 Å². The van der Waals surface area contributed by atoms with Gasteiger partial charge in [0.15, 0.2) is 0 Å². The van der Waals surface area contributed by atoms with Crippen molar-refractivity contribution in [2.24, 2.45) is 5.73 Å². The Bertz CT molecular complexity index is 101. The fourth-order valence-electron chi connectivity index (χ4n) is 0.436. The third-order valence-electron chi connectivity index (χ3n) is 1.10. The molecule has 0 aliphatic carbocycles. The molecule has 2 nitrogen and oxygen atoms in total. The predicted octanol–water partition coefficient (Wildman–Crippen LogP) is 1.20. The molecule has 0 aromatic heterocycles. The minimum Gasteiger partial charge on any atom is -0.386 e. The first-order chi connectivity index (χ1) is 4.18. The lowest BCUT2D eigenvalue weighted by atomic mass is 10.3. The second-order valence-electron chi connectivity index (χ2n) is 2.34. The zero-order chi connectivity index (χ0) is 7.28. The lowest BCUT2D eigenvalue weighted by Gasteiger charge is -2.04. The second-order valence-corrected chi connectivity index (χ2v) is 2.34. The van der Waals surface area contributed by atoms with Gasteiger partial charge in [0.2, 0.25) is 0 Å². The summed E-state index contributed by atoms with van der Waals surface area (Å²) in [6.45, 7) is 7.08. The van der Waals surface area contributed by atoms with Crippen LogP contribution in [0.4, 0.5) is 0 Å². The van der Waals surface area contributed by atoms with Gasteiger partial charge in [-0.05, 0) is 25.8 Å². The number of hydrogen-bond donors (Lipinski definition) is 2. The average Bonchev–Trinajstić information content (AvgIpc) is 1.82. The molecule has 0 aromatic carbocycles. The Balaban J connectivity index is 3.50. The lowest BCUT2D eigenvalue weighted by Crippen LogP contribution is -2.21. The van der Waals surface area contributed by atoms with Gasteiger partial charge >= 0.3 is 0 Å². The molecule has 0 fully saturated rings. The quantitative estimate of drug-likeness (QED) is 0.599. The maximum Gasteiger partial charge on any atom is 0.0946 e. The highest BCUT2D eigenvalue weighted by atomic mass is 15.0. The molecule has 54 valence electrons. The normalized spacial score (nSPS) is 8.78. The Kier molecular flexibility index (Phi) is 3.93. The number of nitrogens with one attached hydrogen (secondary N) is 1. The third kappa shape index (κ3) is 3.88. The van der Waals surface area contributed by atoms with Gasteiger partial charge < -0.3 is 11.1 Å². The molecule has 0 saturated heterocycles. The Morgan fingerprint density at radius 3 is 2.33 bits per heavy atom. The number of allylic oxidation sites excluding steroid dienone is 1. The van der Waals surface area contributed by atoms with Crippen molar-refractivity contribution >= 4 is 0 Å². The summed E-state index contributed by atoms with van der Waals surface area (Å²) < 4.78 is 0. The number of nitrogens with two attached hydrogens (primary N) is 1. The largest absolute Gasteiger partial charge is 0.386 e. The molecule has 0 aliphatic rings. The van der Waals surface area contributed by atoms with E-state index in [4.69, 9.17) is 5.73 Å². The van der Waals surface area contributed by atoms with Gasteiger partial charge in [-0.1, -0.05) is 6.92 Å². The van der Waals surface area contributed by atoms with Crippen LogP contribution in [-0.4, -0.2) is 6.54 Å². The van der Waals surface area contributed by atoms with E-state index in [2.05, 4.69) is 12.2 Å². The van der Waals surface area contributed by atoms with Gasteiger partial charge in [0, 0.05) is 6.54 Å². The highest BCUT2D eigenvalue weighted by Crippen LogP contribution is 1.90. The minimum atomic E-state index is 0.817. The van der Waals surface area contributed by atoms with Crippen LogP contribution < -0.4 is 11.1 Å². The molecule has 0 unspecified atom stereocenters. The van der Waals surface area contributed by atoms with Crippen molar-refractivity contribution in [1.82, 2.24) is 5.32 Å². The van der Waals surface area contributed by atoms with E-state index >= 15 is 0 Å². The minimum absolute atomic E-state index is 0.817. The SMILES string of the molecule is CCCNC(N)=C(C)C. The van der Waals surface area contributed by atoms with Crippen LogP contribution in [0.5, 0.6) is 0 Å². The molecule has 0 bridgehead atoms. The van der Waals surface area contributed by atoms with E-state index in [1.807, 2.05) is 13.8 Å². The second kappa shape index (κ2) is 4.24. The molecular formula is C7H16N2. The highest BCUT2D eigenvalue weighted by molar-refractivity contribution is 5.02. The maximum atomic E-state index is 5.57. The van der Waals surface area contributed by atoms with E-state index in [1.165, 1.54) is 0 Å². The molecule has 0 aliphatic heterocycles. The summed E-state index contributed by atoms with van der Waals surface area (Å²) in [5.41, 5.74) is 6.73. The monoisotopic (exact) mass is 128 g/mol. The zero-order valence-electron chi connectivity index (χ0n) is 6.49. The van der Waals surface area contributed by atoms with Crippen molar-refractivity contribution in [1.29, 1.82) is 0 Å². The topological polar surface area (TPSA) is 38.0 Å². The zero-order valence-corrected chi connectivity index (χ0v) is 6.49. The first kappa shape index (κ1) is 8.34. The van der Waals surface area contributed by atoms with Crippen LogP contribution in [0.25, 0.3) is 0 Å². The molecule has 0 amide bonds. The Morgan fingerprint density at radius 2 is 2.00 bits per heavy atom. The maximum absolute atomic E-state index is 5.57. The standard InChI is InChI=1S/C7H16N2/c1-4-5-9-7(8)6(2)3/h9H,4-5,8H2,1-3H3. The van der Waals surface area contributed by atoms with Crippen molar-refractivity contribution in [3.8, 4) is 0 Å². The van der Waals surface area contributed by atoms with Crippen LogP contribution in [0.1, 0.15) is 27.2 Å². The van der Waals surface area contributed by atoms with E-state index in [-0.39, 0.29) is 0 Å². The van der Waals surface area contributed by atoms with Crippen molar-refractivity contribution in [3.63, 3.8) is 0 Å². The number of hydrogen-bond acceptors (Lipinski definition) is 2. The van der Waals surface area contributed by atoms with Crippen LogP contribution in [0.3, 0.4) is 0 Å². The van der Waals surface area contributed by atoms with E-state index in [1.54, 1.807) is 0 Å². The van der Waals surface area contributed by atoms with Crippen molar-refractivity contribution < 1.29 is 0 Å². The summed E-state index contributed by atoms with van der Waals surface area (Å²) in [5, 5.41) is 3.09. The van der Waals surface area contributed by atoms with Gasteiger partial charge in [-0.25, -0.2) is 0 Å². The first-order valence-electron chi connectivity index (χ1n) is 3.35. The Hall–Kier alpha value is -0.660. The van der Waals surface area contributed by atoms with Gasteiger partial charge in [0.25, 0.3) is 0 Å². The summed E-state index contributed by atoms with van der Waals surface area (Å²) >= 11 is 0. The van der Waals surface area contributed by atoms with E-state index in [0.29, 0.717) is 0 Å². The van der Waals surface area contributed by atoms with Crippen LogP contribution >= 0.6 is 0 Å². The molecule has 0 saturated carbocycles. The Morgan fingerprint density at radius 1 is 1.44 bits per heavy atom. The molecule has 0 atom stereocenters. The molecule has 0 radical (unpaired) electrons. The molecule has 9 heavy (non-hydrogen) atoms. The summed E-state index contributed by atoms with van der Waals surface area (Å²) in [6, 6.07) is 0. The van der Waals surface area contributed by atoms with Crippen LogP contribution in [0.2, 0.25) is 0 Å².